The molecule has 2 N–H and O–H groups in total. The van der Waals surface area contributed by atoms with Gasteiger partial charge in [-0.25, -0.2) is 0 Å². The summed E-state index contributed by atoms with van der Waals surface area (Å²) in [6.07, 6.45) is 2.88. The van der Waals surface area contributed by atoms with Crippen molar-refractivity contribution in [2.45, 2.75) is 31.4 Å². The van der Waals surface area contributed by atoms with E-state index in [4.69, 9.17) is 4.74 Å². The number of hydrogen-bond donors (Lipinski definition) is 2. The van der Waals surface area contributed by atoms with Crippen LogP contribution >= 0.6 is 0 Å². The molecule has 0 aromatic carbocycles. The van der Waals surface area contributed by atoms with Gasteiger partial charge in [-0.3, -0.25) is 0 Å². The Labute approximate surface area is 128 Å². The van der Waals surface area contributed by atoms with Crippen molar-refractivity contribution in [1.29, 1.82) is 0 Å². The van der Waals surface area contributed by atoms with Crippen molar-refractivity contribution in [2.75, 3.05) is 53.4 Å². The second kappa shape index (κ2) is 7.85. The molecule has 0 spiro atoms. The van der Waals surface area contributed by atoms with Crippen molar-refractivity contribution in [3.05, 3.63) is 0 Å². The fourth-order valence-electron chi connectivity index (χ4n) is 3.00. The van der Waals surface area contributed by atoms with Gasteiger partial charge < -0.3 is 15.0 Å². The molecule has 7 nitrogen and oxygen atoms in total. The highest BCUT2D eigenvalue weighted by molar-refractivity contribution is 7.87. The van der Waals surface area contributed by atoms with Crippen LogP contribution in [-0.4, -0.2) is 83.2 Å². The molecule has 2 aliphatic rings. The fourth-order valence-corrected chi connectivity index (χ4v) is 4.51. The minimum absolute atomic E-state index is 0.0520. The molecule has 0 amide bonds. The van der Waals surface area contributed by atoms with E-state index in [2.05, 4.69) is 14.9 Å². The van der Waals surface area contributed by atoms with E-state index < -0.39 is 10.2 Å². The number of nitrogens with one attached hydrogen (secondary N) is 2. The predicted octanol–water partition coefficient (Wildman–Crippen LogP) is -0.775. The second-order valence-electron chi connectivity index (χ2n) is 5.93. The topological polar surface area (TPSA) is 73.9 Å². The lowest BCUT2D eigenvalue weighted by atomic mass is 10.1. The minimum atomic E-state index is -3.43. The third-order valence-corrected chi connectivity index (χ3v) is 5.79. The average Bonchev–Trinajstić information content (AvgIpc) is 2.46. The van der Waals surface area contributed by atoms with Gasteiger partial charge in [0.25, 0.3) is 10.2 Å². The molecule has 2 unspecified atom stereocenters. The molecule has 0 radical (unpaired) electrons. The van der Waals surface area contributed by atoms with E-state index in [-0.39, 0.29) is 12.1 Å². The standard InChI is InChI=1S/C13H28N4O3S/c1-14-9-12-5-3-4-6-17(12)21(18,19)15-10-13-11-16(2)7-8-20-13/h12-15H,3-11H2,1-2H3. The van der Waals surface area contributed by atoms with E-state index in [0.29, 0.717) is 26.2 Å². The summed E-state index contributed by atoms with van der Waals surface area (Å²) in [5.41, 5.74) is 0. The maximum atomic E-state index is 12.5. The van der Waals surface area contributed by atoms with Crippen LogP contribution < -0.4 is 10.0 Å². The highest BCUT2D eigenvalue weighted by Crippen LogP contribution is 2.19. The van der Waals surface area contributed by atoms with Crippen molar-refractivity contribution in [2.24, 2.45) is 0 Å². The zero-order valence-electron chi connectivity index (χ0n) is 13.0. The van der Waals surface area contributed by atoms with E-state index in [1.165, 1.54) is 0 Å². The van der Waals surface area contributed by atoms with Crippen LogP contribution in [0.1, 0.15) is 19.3 Å². The number of nitrogens with zero attached hydrogens (tertiary/aromatic N) is 2. The van der Waals surface area contributed by atoms with Gasteiger partial charge in [-0.1, -0.05) is 6.42 Å². The third-order valence-electron chi connectivity index (χ3n) is 4.16. The molecule has 2 fully saturated rings. The molecule has 2 heterocycles. The number of morpholine rings is 1. The number of piperidine rings is 1. The van der Waals surface area contributed by atoms with Gasteiger partial charge in [0.1, 0.15) is 0 Å². The van der Waals surface area contributed by atoms with Crippen molar-refractivity contribution in [1.82, 2.24) is 19.2 Å². The highest BCUT2D eigenvalue weighted by atomic mass is 32.2. The summed E-state index contributed by atoms with van der Waals surface area (Å²) in [4.78, 5) is 2.16. The van der Waals surface area contributed by atoms with Gasteiger partial charge in [-0.2, -0.15) is 17.4 Å². The van der Waals surface area contributed by atoms with Crippen molar-refractivity contribution >= 4 is 10.2 Å². The van der Waals surface area contributed by atoms with Gasteiger partial charge in [0, 0.05) is 38.8 Å². The highest BCUT2D eigenvalue weighted by Gasteiger charge is 2.32. The molecule has 0 aromatic rings. The van der Waals surface area contributed by atoms with E-state index in [1.54, 1.807) is 4.31 Å². The van der Waals surface area contributed by atoms with Crippen LogP contribution in [0.3, 0.4) is 0 Å². The first kappa shape index (κ1) is 17.1. The number of likely N-dealkylation sites (N-methyl/N-ethyl adjacent to an activating group) is 2. The molecule has 2 rings (SSSR count). The number of hydrogen-bond acceptors (Lipinski definition) is 5. The van der Waals surface area contributed by atoms with Gasteiger partial charge in [-0.05, 0) is 26.9 Å². The summed E-state index contributed by atoms with van der Waals surface area (Å²) >= 11 is 0. The average molecular weight is 320 g/mol. The Morgan fingerprint density at radius 3 is 2.76 bits per heavy atom. The molecule has 0 aliphatic carbocycles. The normalized spacial score (nSPS) is 29.6. The summed E-state index contributed by atoms with van der Waals surface area (Å²) in [5, 5.41) is 3.09. The molecule has 2 saturated heterocycles. The van der Waals surface area contributed by atoms with Crippen LogP contribution in [0.15, 0.2) is 0 Å². The number of rotatable bonds is 6. The Hall–Kier alpha value is -0.250. The smallest absolute Gasteiger partial charge is 0.279 e. The molecule has 0 saturated carbocycles. The molecule has 2 atom stereocenters. The Balaban J connectivity index is 1.90. The van der Waals surface area contributed by atoms with E-state index in [0.717, 1.165) is 32.4 Å². The SMILES string of the molecule is CNCC1CCCCN1S(=O)(=O)NCC1CN(C)CCO1. The van der Waals surface area contributed by atoms with Gasteiger partial charge in [0.2, 0.25) is 0 Å². The van der Waals surface area contributed by atoms with Crippen LogP contribution in [-0.2, 0) is 14.9 Å². The molecule has 0 aromatic heterocycles. The first-order valence-corrected chi connectivity index (χ1v) is 9.18. The van der Waals surface area contributed by atoms with Crippen molar-refractivity contribution in [3.8, 4) is 0 Å². The third kappa shape index (κ3) is 4.87. The first-order valence-electron chi connectivity index (χ1n) is 7.74. The Bertz CT molecular complexity index is 416. The van der Waals surface area contributed by atoms with Gasteiger partial charge in [-0.15, -0.1) is 0 Å². The van der Waals surface area contributed by atoms with Crippen LogP contribution in [0.25, 0.3) is 0 Å². The second-order valence-corrected chi connectivity index (χ2v) is 7.63. The van der Waals surface area contributed by atoms with E-state index in [1.807, 2.05) is 14.1 Å². The number of ether oxygens (including phenoxy) is 1. The monoisotopic (exact) mass is 320 g/mol. The lowest BCUT2D eigenvalue weighted by Crippen LogP contribution is -2.54. The van der Waals surface area contributed by atoms with E-state index in [9.17, 15) is 8.42 Å². The summed E-state index contributed by atoms with van der Waals surface area (Å²) in [5.74, 6) is 0. The lowest BCUT2D eigenvalue weighted by Gasteiger charge is -2.35. The molecule has 2 aliphatic heterocycles. The molecular weight excluding hydrogens is 292 g/mol. The molecule has 0 bridgehead atoms. The fraction of sp³-hybridized carbons (Fsp3) is 1.00. The molecule has 8 heteroatoms. The Morgan fingerprint density at radius 2 is 2.05 bits per heavy atom. The predicted molar refractivity (Wildman–Crippen MR) is 82.4 cm³/mol. The molecule has 124 valence electrons. The maximum Gasteiger partial charge on any atom is 0.279 e. The van der Waals surface area contributed by atoms with Crippen molar-refractivity contribution in [3.63, 3.8) is 0 Å². The summed E-state index contributed by atoms with van der Waals surface area (Å²) in [7, 11) is 0.458. The largest absolute Gasteiger partial charge is 0.374 e. The lowest BCUT2D eigenvalue weighted by molar-refractivity contribution is -0.0158. The zero-order chi connectivity index (χ0) is 15.3. The zero-order valence-corrected chi connectivity index (χ0v) is 13.9. The van der Waals surface area contributed by atoms with Gasteiger partial charge >= 0.3 is 0 Å². The van der Waals surface area contributed by atoms with Gasteiger partial charge in [0.05, 0.1) is 12.7 Å². The summed E-state index contributed by atoms with van der Waals surface area (Å²) in [6, 6.07) is 0.0520. The van der Waals surface area contributed by atoms with Crippen LogP contribution in [0.4, 0.5) is 0 Å². The maximum absolute atomic E-state index is 12.5. The van der Waals surface area contributed by atoms with Gasteiger partial charge in [0.15, 0.2) is 0 Å². The summed E-state index contributed by atoms with van der Waals surface area (Å²) in [6.45, 7) is 3.98. The Kier molecular flexibility index (Phi) is 6.39. The van der Waals surface area contributed by atoms with Crippen LogP contribution in [0, 0.1) is 0 Å². The van der Waals surface area contributed by atoms with Crippen molar-refractivity contribution < 1.29 is 13.2 Å². The van der Waals surface area contributed by atoms with Crippen LogP contribution in [0.2, 0.25) is 0 Å². The molecular formula is C13H28N4O3S. The quantitative estimate of drug-likeness (QED) is 0.672. The van der Waals surface area contributed by atoms with Crippen LogP contribution in [0.5, 0.6) is 0 Å². The first-order chi connectivity index (χ1) is 10.0. The summed E-state index contributed by atoms with van der Waals surface area (Å²) < 4.78 is 35.0. The Morgan fingerprint density at radius 1 is 1.24 bits per heavy atom. The van der Waals surface area contributed by atoms with E-state index >= 15 is 0 Å². The minimum Gasteiger partial charge on any atom is -0.374 e. The molecule has 21 heavy (non-hydrogen) atoms.